The third-order valence-electron chi connectivity index (χ3n) is 3.47. The zero-order valence-corrected chi connectivity index (χ0v) is 8.83. The molecule has 1 saturated carbocycles. The van der Waals surface area contributed by atoms with E-state index in [1.807, 2.05) is 0 Å². The normalized spacial score (nSPS) is 22.2. The number of fused-ring (bicyclic) bond motifs is 1. The molecule has 2 aliphatic rings. The second-order valence-corrected chi connectivity index (χ2v) is 4.76. The monoisotopic (exact) mass is 204 g/mol. The summed E-state index contributed by atoms with van der Waals surface area (Å²) in [5.41, 5.74) is 3.68. The summed E-state index contributed by atoms with van der Waals surface area (Å²) < 4.78 is 5.43. The van der Waals surface area contributed by atoms with Crippen LogP contribution < -0.4 is 0 Å². The molecule has 0 spiro atoms. The van der Waals surface area contributed by atoms with Gasteiger partial charge in [-0.2, -0.15) is 0 Å². The van der Waals surface area contributed by atoms with Crippen LogP contribution in [0, 0.1) is 0 Å². The summed E-state index contributed by atoms with van der Waals surface area (Å²) in [5.74, 6) is 0. The molecule has 1 aromatic carbocycles. The van der Waals surface area contributed by atoms with Crippen LogP contribution in [0.5, 0.6) is 0 Å². The van der Waals surface area contributed by atoms with E-state index in [2.05, 4.69) is 18.2 Å². The Morgan fingerprint density at radius 2 is 2.20 bits per heavy atom. The Balaban J connectivity index is 1.92. The first-order chi connectivity index (χ1) is 7.27. The summed E-state index contributed by atoms with van der Waals surface area (Å²) in [6.07, 6.45) is 3.76. The van der Waals surface area contributed by atoms with Gasteiger partial charge < -0.3 is 9.84 Å². The van der Waals surface area contributed by atoms with E-state index in [4.69, 9.17) is 4.74 Å². The molecule has 0 atom stereocenters. The maximum atomic E-state index is 9.95. The number of ether oxygens (including phenoxy) is 1. The summed E-state index contributed by atoms with van der Waals surface area (Å²) in [6, 6.07) is 6.37. The highest BCUT2D eigenvalue weighted by molar-refractivity contribution is 5.37. The first-order valence-electron chi connectivity index (χ1n) is 5.67. The Kier molecular flexibility index (Phi) is 2.08. The van der Waals surface area contributed by atoms with Gasteiger partial charge in [-0.05, 0) is 36.0 Å². The smallest absolute Gasteiger partial charge is 0.0719 e. The average Bonchev–Trinajstić information content (AvgIpc) is 2.97. The van der Waals surface area contributed by atoms with Crippen molar-refractivity contribution >= 4 is 0 Å². The molecule has 0 bridgehead atoms. The minimum Gasteiger partial charge on any atom is -0.390 e. The van der Waals surface area contributed by atoms with E-state index in [9.17, 15) is 5.11 Å². The molecule has 1 aliphatic heterocycles. The molecule has 1 aliphatic carbocycles. The van der Waals surface area contributed by atoms with Gasteiger partial charge in [0, 0.05) is 6.42 Å². The van der Waals surface area contributed by atoms with Crippen molar-refractivity contribution in [2.75, 3.05) is 6.61 Å². The molecule has 3 rings (SSSR count). The molecular formula is C13H16O2. The third-order valence-corrected chi connectivity index (χ3v) is 3.47. The third kappa shape index (κ3) is 1.80. The number of benzene rings is 1. The fourth-order valence-corrected chi connectivity index (χ4v) is 2.34. The van der Waals surface area contributed by atoms with Crippen molar-refractivity contribution in [3.8, 4) is 0 Å². The molecule has 1 aromatic rings. The van der Waals surface area contributed by atoms with Crippen molar-refractivity contribution in [3.05, 3.63) is 34.9 Å². The first kappa shape index (κ1) is 9.37. The topological polar surface area (TPSA) is 29.5 Å². The fraction of sp³-hybridized carbons (Fsp3) is 0.538. The van der Waals surface area contributed by atoms with Crippen LogP contribution in [0.2, 0.25) is 0 Å². The van der Waals surface area contributed by atoms with Gasteiger partial charge in [0.1, 0.15) is 0 Å². The Morgan fingerprint density at radius 3 is 3.00 bits per heavy atom. The molecule has 0 unspecified atom stereocenters. The van der Waals surface area contributed by atoms with E-state index in [0.29, 0.717) is 0 Å². The molecule has 1 heterocycles. The van der Waals surface area contributed by atoms with Crippen molar-refractivity contribution in [1.82, 2.24) is 0 Å². The van der Waals surface area contributed by atoms with Crippen LogP contribution >= 0.6 is 0 Å². The van der Waals surface area contributed by atoms with Crippen molar-refractivity contribution in [2.45, 2.75) is 37.9 Å². The number of rotatable bonds is 2. The number of hydrogen-bond acceptors (Lipinski definition) is 2. The SMILES string of the molecule is OC1(Cc2cccc3c2CCOC3)CC1. The van der Waals surface area contributed by atoms with E-state index in [1.54, 1.807) is 0 Å². The van der Waals surface area contributed by atoms with Crippen molar-refractivity contribution in [2.24, 2.45) is 0 Å². The van der Waals surface area contributed by atoms with Gasteiger partial charge in [-0.1, -0.05) is 18.2 Å². The molecule has 15 heavy (non-hydrogen) atoms. The van der Waals surface area contributed by atoms with E-state index in [-0.39, 0.29) is 5.60 Å². The van der Waals surface area contributed by atoms with Crippen LogP contribution in [0.1, 0.15) is 29.5 Å². The second kappa shape index (κ2) is 3.32. The molecule has 80 valence electrons. The van der Waals surface area contributed by atoms with Crippen LogP contribution in [0.15, 0.2) is 18.2 Å². The van der Waals surface area contributed by atoms with Crippen LogP contribution in [-0.4, -0.2) is 17.3 Å². The maximum absolute atomic E-state index is 9.95. The molecule has 0 radical (unpaired) electrons. The second-order valence-electron chi connectivity index (χ2n) is 4.76. The molecule has 2 heteroatoms. The van der Waals surface area contributed by atoms with Crippen molar-refractivity contribution in [3.63, 3.8) is 0 Å². The highest BCUT2D eigenvalue weighted by atomic mass is 16.5. The molecule has 1 fully saturated rings. The lowest BCUT2D eigenvalue weighted by Gasteiger charge is -2.21. The van der Waals surface area contributed by atoms with Gasteiger partial charge in [0.2, 0.25) is 0 Å². The minimum atomic E-state index is -0.382. The van der Waals surface area contributed by atoms with Crippen LogP contribution in [0.3, 0.4) is 0 Å². The summed E-state index contributed by atoms with van der Waals surface area (Å²) in [7, 11) is 0. The summed E-state index contributed by atoms with van der Waals surface area (Å²) in [5, 5.41) is 9.95. The van der Waals surface area contributed by atoms with Crippen molar-refractivity contribution < 1.29 is 9.84 Å². The largest absolute Gasteiger partial charge is 0.390 e. The molecule has 0 aromatic heterocycles. The van der Waals surface area contributed by atoms with E-state index >= 15 is 0 Å². The Morgan fingerprint density at radius 1 is 1.33 bits per heavy atom. The lowest BCUT2D eigenvalue weighted by Crippen LogP contribution is -2.17. The minimum absolute atomic E-state index is 0.382. The number of hydrogen-bond donors (Lipinski definition) is 1. The standard InChI is InChI=1S/C13H16O2/c14-13(5-6-13)8-10-2-1-3-11-9-15-7-4-12(10)11/h1-3,14H,4-9H2. The van der Waals surface area contributed by atoms with E-state index in [1.165, 1.54) is 16.7 Å². The molecule has 0 saturated heterocycles. The van der Waals surface area contributed by atoms with Gasteiger partial charge in [0.15, 0.2) is 0 Å². The average molecular weight is 204 g/mol. The number of aliphatic hydroxyl groups is 1. The van der Waals surface area contributed by atoms with Crippen LogP contribution in [0.4, 0.5) is 0 Å². The Labute approximate surface area is 89.9 Å². The predicted octanol–water partition coefficient (Wildman–Crippen LogP) is 1.83. The van der Waals surface area contributed by atoms with Gasteiger partial charge in [0.25, 0.3) is 0 Å². The Bertz CT molecular complexity index is 380. The Hall–Kier alpha value is -0.860. The van der Waals surface area contributed by atoms with Gasteiger partial charge in [0.05, 0.1) is 18.8 Å². The zero-order valence-electron chi connectivity index (χ0n) is 8.83. The molecular weight excluding hydrogens is 188 g/mol. The van der Waals surface area contributed by atoms with Crippen LogP contribution in [0.25, 0.3) is 0 Å². The molecule has 0 amide bonds. The van der Waals surface area contributed by atoms with Gasteiger partial charge in [-0.15, -0.1) is 0 Å². The molecule has 2 nitrogen and oxygen atoms in total. The summed E-state index contributed by atoms with van der Waals surface area (Å²) in [4.78, 5) is 0. The highest BCUT2D eigenvalue weighted by Gasteiger charge is 2.40. The quantitative estimate of drug-likeness (QED) is 0.796. The van der Waals surface area contributed by atoms with E-state index < -0.39 is 0 Å². The summed E-state index contributed by atoms with van der Waals surface area (Å²) in [6.45, 7) is 1.56. The highest BCUT2D eigenvalue weighted by Crippen LogP contribution is 2.39. The fourth-order valence-electron chi connectivity index (χ4n) is 2.34. The van der Waals surface area contributed by atoms with Crippen molar-refractivity contribution in [1.29, 1.82) is 0 Å². The first-order valence-corrected chi connectivity index (χ1v) is 5.67. The molecule has 1 N–H and O–H groups in total. The lowest BCUT2D eigenvalue weighted by molar-refractivity contribution is 0.109. The zero-order chi connectivity index (χ0) is 10.3. The maximum Gasteiger partial charge on any atom is 0.0719 e. The van der Waals surface area contributed by atoms with Crippen LogP contribution in [-0.2, 0) is 24.2 Å². The van der Waals surface area contributed by atoms with Gasteiger partial charge in [-0.25, -0.2) is 0 Å². The van der Waals surface area contributed by atoms with Gasteiger partial charge >= 0.3 is 0 Å². The van der Waals surface area contributed by atoms with Gasteiger partial charge in [-0.3, -0.25) is 0 Å². The summed E-state index contributed by atoms with van der Waals surface area (Å²) >= 11 is 0. The van der Waals surface area contributed by atoms with E-state index in [0.717, 1.165) is 38.9 Å². The predicted molar refractivity (Wildman–Crippen MR) is 57.7 cm³/mol. The lowest BCUT2D eigenvalue weighted by atomic mass is 9.93.